The monoisotopic (exact) mass is 148 g/mol. The molecule has 0 spiro atoms. The maximum atomic E-state index is 8.91. The van der Waals surface area contributed by atoms with Gasteiger partial charge in [0.2, 0.25) is 0 Å². The summed E-state index contributed by atoms with van der Waals surface area (Å²) in [6.07, 6.45) is 0.852. The van der Waals surface area contributed by atoms with Crippen LogP contribution < -0.4 is 0 Å². The van der Waals surface area contributed by atoms with Gasteiger partial charge in [-0.05, 0) is 12.2 Å². The summed E-state index contributed by atoms with van der Waals surface area (Å²) in [6, 6.07) is 0. The zero-order valence-corrected chi connectivity index (χ0v) is 6.57. The van der Waals surface area contributed by atoms with Crippen molar-refractivity contribution in [1.82, 2.24) is 0 Å². The summed E-state index contributed by atoms with van der Waals surface area (Å²) in [4.78, 5) is 0. The number of rotatable bonds is 3. The molecule has 0 aromatic heterocycles. The largest absolute Gasteiger partial charge is 0.459 e. The van der Waals surface area contributed by atoms with Crippen molar-refractivity contribution in [2.75, 3.05) is 0 Å². The van der Waals surface area contributed by atoms with Crippen LogP contribution in [-0.2, 0) is 4.74 Å². The molecule has 0 aromatic rings. The molecule has 0 amide bonds. The Hall–Kier alpha value is -0.150. The fourth-order valence-electron chi connectivity index (χ4n) is 0.497. The molecule has 54 valence electrons. The number of aliphatic hydroxyl groups excluding tert-OH is 1. The van der Waals surface area contributed by atoms with Gasteiger partial charge in [-0.15, -0.1) is 0 Å². The highest BCUT2D eigenvalue weighted by Crippen LogP contribution is 1.98. The summed E-state index contributed by atoms with van der Waals surface area (Å²) in [5, 5.41) is 9.31. The molecule has 0 aromatic carbocycles. The molecule has 0 radical (unpaired) electrons. The lowest BCUT2D eigenvalue weighted by Gasteiger charge is -2.09. The molecule has 9 heavy (non-hydrogen) atoms. The van der Waals surface area contributed by atoms with Crippen molar-refractivity contribution in [3.05, 3.63) is 0 Å². The summed E-state index contributed by atoms with van der Waals surface area (Å²) in [5.74, 6) is 0. The summed E-state index contributed by atoms with van der Waals surface area (Å²) in [7, 11) is 0. The van der Waals surface area contributed by atoms with Crippen molar-refractivity contribution in [2.24, 2.45) is 0 Å². The molecule has 0 saturated carbocycles. The quantitative estimate of drug-likeness (QED) is 0.485. The number of aliphatic hydroxyl groups is 1. The maximum Gasteiger partial charge on any atom is 0.198 e. The second-order valence-corrected chi connectivity index (χ2v) is 2.43. The Morgan fingerprint density at radius 1 is 1.78 bits per heavy atom. The lowest BCUT2D eigenvalue weighted by molar-refractivity contribution is -0.0313. The number of hydrogen-bond acceptors (Lipinski definition) is 3. The Kier molecular flexibility index (Phi) is 4.62. The second kappa shape index (κ2) is 4.70. The van der Waals surface area contributed by atoms with Crippen molar-refractivity contribution >= 4 is 17.3 Å². The molecule has 0 bridgehead atoms. The van der Waals surface area contributed by atoms with Crippen LogP contribution in [0, 0.1) is 0 Å². The van der Waals surface area contributed by atoms with Gasteiger partial charge < -0.3 is 9.84 Å². The third kappa shape index (κ3) is 5.73. The van der Waals surface area contributed by atoms with E-state index in [0.29, 0.717) is 11.5 Å². The van der Waals surface area contributed by atoms with Crippen molar-refractivity contribution in [1.29, 1.82) is 0 Å². The minimum Gasteiger partial charge on any atom is -0.459 e. The third-order valence-corrected chi connectivity index (χ3v) is 0.934. The number of thiocarbonyl (C=S) groups is 1. The Bertz CT molecular complexity index is 93.1. The van der Waals surface area contributed by atoms with E-state index < -0.39 is 6.29 Å². The van der Waals surface area contributed by atoms with Gasteiger partial charge in [-0.3, -0.25) is 0 Å². The Morgan fingerprint density at radius 2 is 2.33 bits per heavy atom. The van der Waals surface area contributed by atoms with Crippen LogP contribution in [0.25, 0.3) is 0 Å². The van der Waals surface area contributed by atoms with E-state index in [2.05, 4.69) is 12.2 Å². The third-order valence-electron chi connectivity index (χ3n) is 0.838. The predicted molar refractivity (Wildman–Crippen MR) is 40.3 cm³/mol. The summed E-state index contributed by atoms with van der Waals surface area (Å²) in [5.41, 5.74) is 0. The normalized spacial score (nSPS) is 12.8. The fourth-order valence-corrected chi connectivity index (χ4v) is 0.609. The minimum atomic E-state index is -0.701. The van der Waals surface area contributed by atoms with Crippen LogP contribution in [0.5, 0.6) is 0 Å². The van der Waals surface area contributed by atoms with Gasteiger partial charge in [0.1, 0.15) is 0 Å². The van der Waals surface area contributed by atoms with Gasteiger partial charge >= 0.3 is 0 Å². The zero-order valence-electron chi connectivity index (χ0n) is 5.76. The number of hydrogen-bond donors (Lipinski definition) is 1. The van der Waals surface area contributed by atoms with Gasteiger partial charge in [-0.1, -0.05) is 13.3 Å². The first-order valence-corrected chi connectivity index (χ1v) is 3.43. The van der Waals surface area contributed by atoms with E-state index >= 15 is 0 Å². The van der Waals surface area contributed by atoms with E-state index in [4.69, 9.17) is 9.84 Å². The molecule has 3 heteroatoms. The molecule has 2 nitrogen and oxygen atoms in total. The summed E-state index contributed by atoms with van der Waals surface area (Å²) < 4.78 is 4.78. The molecular formula is C6H12O2S. The van der Waals surface area contributed by atoms with Gasteiger partial charge in [0, 0.05) is 13.3 Å². The van der Waals surface area contributed by atoms with E-state index in [0.717, 1.165) is 6.42 Å². The van der Waals surface area contributed by atoms with E-state index in [1.54, 1.807) is 6.92 Å². The average Bonchev–Trinajstić information content (AvgIpc) is 1.63. The fraction of sp³-hybridized carbons (Fsp3) is 0.833. The van der Waals surface area contributed by atoms with Crippen molar-refractivity contribution < 1.29 is 9.84 Å². The van der Waals surface area contributed by atoms with Crippen molar-refractivity contribution in [3.8, 4) is 0 Å². The highest BCUT2D eigenvalue weighted by atomic mass is 32.1. The first-order chi connectivity index (χ1) is 4.16. The standard InChI is InChI=1S/C6H12O2S/c1-3-4-6(7)8-5(2)9/h6-7H,3-4H2,1-2H3. The van der Waals surface area contributed by atoms with E-state index in [1.807, 2.05) is 6.92 Å². The lowest BCUT2D eigenvalue weighted by Crippen LogP contribution is -2.13. The van der Waals surface area contributed by atoms with Gasteiger partial charge in [0.25, 0.3) is 0 Å². The van der Waals surface area contributed by atoms with Gasteiger partial charge in [0.15, 0.2) is 11.3 Å². The van der Waals surface area contributed by atoms with Crippen LogP contribution >= 0.6 is 12.2 Å². The van der Waals surface area contributed by atoms with E-state index in [9.17, 15) is 0 Å². The average molecular weight is 148 g/mol. The number of ether oxygens (including phenoxy) is 1. The second-order valence-electron chi connectivity index (χ2n) is 1.85. The van der Waals surface area contributed by atoms with Crippen LogP contribution in [0.1, 0.15) is 26.7 Å². The smallest absolute Gasteiger partial charge is 0.198 e. The Balaban J connectivity index is 3.26. The van der Waals surface area contributed by atoms with Crippen molar-refractivity contribution in [2.45, 2.75) is 33.0 Å². The van der Waals surface area contributed by atoms with Crippen molar-refractivity contribution in [3.63, 3.8) is 0 Å². The Labute approximate surface area is 60.8 Å². The molecule has 1 N–H and O–H groups in total. The molecule has 0 aliphatic rings. The molecule has 1 atom stereocenters. The lowest BCUT2D eigenvalue weighted by atomic mass is 10.3. The topological polar surface area (TPSA) is 29.5 Å². The van der Waals surface area contributed by atoms with Crippen LogP contribution in [0.3, 0.4) is 0 Å². The highest BCUT2D eigenvalue weighted by Gasteiger charge is 2.01. The molecule has 0 aliphatic carbocycles. The first kappa shape index (κ1) is 8.85. The molecule has 0 aliphatic heterocycles. The molecule has 0 rings (SSSR count). The van der Waals surface area contributed by atoms with Crippen LogP contribution in [0.4, 0.5) is 0 Å². The van der Waals surface area contributed by atoms with E-state index in [1.165, 1.54) is 0 Å². The van der Waals surface area contributed by atoms with Crippen LogP contribution in [0.2, 0.25) is 0 Å². The van der Waals surface area contributed by atoms with E-state index in [-0.39, 0.29) is 0 Å². The van der Waals surface area contributed by atoms with Crippen LogP contribution in [0.15, 0.2) is 0 Å². The van der Waals surface area contributed by atoms with Gasteiger partial charge in [-0.2, -0.15) is 0 Å². The summed E-state index contributed by atoms with van der Waals surface area (Å²) in [6.45, 7) is 3.62. The van der Waals surface area contributed by atoms with Gasteiger partial charge in [0.05, 0.1) is 0 Å². The molecular weight excluding hydrogens is 136 g/mol. The first-order valence-electron chi connectivity index (χ1n) is 3.02. The molecule has 1 unspecified atom stereocenters. The zero-order chi connectivity index (χ0) is 7.28. The summed E-state index contributed by atoms with van der Waals surface area (Å²) >= 11 is 4.60. The highest BCUT2D eigenvalue weighted by molar-refractivity contribution is 7.80. The Morgan fingerprint density at radius 3 is 2.67 bits per heavy atom. The van der Waals surface area contributed by atoms with Gasteiger partial charge in [-0.25, -0.2) is 0 Å². The minimum absolute atomic E-state index is 0.399. The maximum absolute atomic E-state index is 8.91. The SMILES string of the molecule is CCCC(O)OC(C)=S. The molecule has 0 saturated heterocycles. The molecule has 0 fully saturated rings. The predicted octanol–water partition coefficient (Wildman–Crippen LogP) is 1.47. The van der Waals surface area contributed by atoms with Crippen LogP contribution in [-0.4, -0.2) is 16.4 Å². The molecule has 0 heterocycles.